The summed E-state index contributed by atoms with van der Waals surface area (Å²) in [6.45, 7) is 1.89. The van der Waals surface area contributed by atoms with E-state index >= 15 is 0 Å². The Morgan fingerprint density at radius 2 is 2.06 bits per heavy atom. The smallest absolute Gasteiger partial charge is 0.143 e. The molecule has 0 aliphatic rings. The maximum atomic E-state index is 8.72. The molecule has 1 aromatic heterocycles. The van der Waals surface area contributed by atoms with Gasteiger partial charge in [-0.3, -0.25) is 0 Å². The van der Waals surface area contributed by atoms with Crippen LogP contribution < -0.4 is 4.74 Å². The molecule has 0 unspecified atom stereocenters. The van der Waals surface area contributed by atoms with E-state index in [0.29, 0.717) is 5.82 Å². The number of hydrogen-bond acceptors (Lipinski definition) is 4. The number of ether oxygens (including phenoxy) is 1. The van der Waals surface area contributed by atoms with Gasteiger partial charge in [-0.2, -0.15) is 5.26 Å². The summed E-state index contributed by atoms with van der Waals surface area (Å²) in [5.74, 6) is 1.30. The minimum absolute atomic E-state index is 0.212. The average Bonchev–Trinajstić information content (AvgIpc) is 2.38. The van der Waals surface area contributed by atoms with Gasteiger partial charge in [-0.05, 0) is 25.1 Å². The fraction of sp³-hybridized carbons (Fsp3) is 0.214. The van der Waals surface area contributed by atoms with Crippen molar-refractivity contribution in [3.63, 3.8) is 0 Å². The number of methoxy groups -OCH3 is 1. The zero-order chi connectivity index (χ0) is 13.0. The molecule has 0 aliphatic heterocycles. The number of aromatic nitrogens is 2. The van der Waals surface area contributed by atoms with Crippen molar-refractivity contribution in [2.45, 2.75) is 13.3 Å². The molecule has 0 saturated heterocycles. The average molecular weight is 239 g/mol. The normalized spacial score (nSPS) is 9.83. The number of aryl methyl sites for hydroxylation is 1. The Morgan fingerprint density at radius 1 is 1.28 bits per heavy atom. The van der Waals surface area contributed by atoms with Gasteiger partial charge in [0.25, 0.3) is 0 Å². The summed E-state index contributed by atoms with van der Waals surface area (Å²) in [5.41, 5.74) is 2.53. The van der Waals surface area contributed by atoms with Crippen LogP contribution >= 0.6 is 0 Å². The lowest BCUT2D eigenvalue weighted by Crippen LogP contribution is -1.99. The molecule has 0 fully saturated rings. The molecule has 90 valence electrons. The second-order valence-electron chi connectivity index (χ2n) is 3.85. The number of nitrogens with zero attached hydrogens (tertiary/aromatic N) is 3. The van der Waals surface area contributed by atoms with E-state index in [9.17, 15) is 0 Å². The van der Waals surface area contributed by atoms with Gasteiger partial charge in [-0.25, -0.2) is 9.97 Å². The molecule has 0 N–H and O–H groups in total. The summed E-state index contributed by atoms with van der Waals surface area (Å²) in [7, 11) is 1.63. The first-order valence-electron chi connectivity index (χ1n) is 5.59. The lowest BCUT2D eigenvalue weighted by atomic mass is 10.1. The van der Waals surface area contributed by atoms with Crippen molar-refractivity contribution in [1.29, 1.82) is 5.26 Å². The Labute approximate surface area is 106 Å². The summed E-state index contributed by atoms with van der Waals surface area (Å²) >= 11 is 0. The summed E-state index contributed by atoms with van der Waals surface area (Å²) in [6.07, 6.45) is 0.212. The number of rotatable bonds is 3. The van der Waals surface area contributed by atoms with Gasteiger partial charge in [0.1, 0.15) is 11.6 Å². The molecular weight excluding hydrogens is 226 g/mol. The van der Waals surface area contributed by atoms with Crippen LogP contribution in [0.1, 0.15) is 11.5 Å². The van der Waals surface area contributed by atoms with Crippen molar-refractivity contribution in [3.05, 3.63) is 41.9 Å². The van der Waals surface area contributed by atoms with E-state index in [1.165, 1.54) is 0 Å². The Morgan fingerprint density at radius 3 is 2.78 bits per heavy atom. The van der Waals surface area contributed by atoms with Crippen LogP contribution in [0.4, 0.5) is 0 Å². The highest BCUT2D eigenvalue weighted by Gasteiger charge is 2.08. The third-order valence-electron chi connectivity index (χ3n) is 2.52. The zero-order valence-corrected chi connectivity index (χ0v) is 10.3. The molecule has 0 aliphatic carbocycles. The first kappa shape index (κ1) is 12.1. The fourth-order valence-electron chi connectivity index (χ4n) is 1.77. The largest absolute Gasteiger partial charge is 0.496 e. The lowest BCUT2D eigenvalue weighted by molar-refractivity contribution is 0.416. The standard InChI is InChI=1S/C14H13N3O/c1-10-9-12(17-14(16-10)7-8-15)11-5-3-4-6-13(11)18-2/h3-6,9H,7H2,1-2H3. The maximum Gasteiger partial charge on any atom is 0.143 e. The summed E-state index contributed by atoms with van der Waals surface area (Å²) < 4.78 is 5.31. The third kappa shape index (κ3) is 2.46. The molecule has 0 atom stereocenters. The van der Waals surface area contributed by atoms with E-state index in [1.807, 2.05) is 37.3 Å². The predicted octanol–water partition coefficient (Wildman–Crippen LogP) is 2.53. The van der Waals surface area contributed by atoms with Gasteiger partial charge >= 0.3 is 0 Å². The zero-order valence-electron chi connectivity index (χ0n) is 10.3. The number of nitriles is 1. The maximum absolute atomic E-state index is 8.72. The highest BCUT2D eigenvalue weighted by Crippen LogP contribution is 2.28. The first-order chi connectivity index (χ1) is 8.74. The molecule has 1 heterocycles. The molecule has 0 saturated carbocycles. The number of benzene rings is 1. The van der Waals surface area contributed by atoms with E-state index in [-0.39, 0.29) is 6.42 Å². The van der Waals surface area contributed by atoms with Gasteiger partial charge in [0.2, 0.25) is 0 Å². The molecule has 0 bridgehead atoms. The van der Waals surface area contributed by atoms with Crippen molar-refractivity contribution in [1.82, 2.24) is 9.97 Å². The van der Waals surface area contributed by atoms with Crippen molar-refractivity contribution >= 4 is 0 Å². The molecular formula is C14H13N3O. The molecule has 4 nitrogen and oxygen atoms in total. The van der Waals surface area contributed by atoms with Crippen LogP contribution in [0.3, 0.4) is 0 Å². The predicted molar refractivity (Wildman–Crippen MR) is 68.1 cm³/mol. The topological polar surface area (TPSA) is 58.8 Å². The molecule has 2 aromatic rings. The monoisotopic (exact) mass is 239 g/mol. The van der Waals surface area contributed by atoms with Crippen LogP contribution in [-0.4, -0.2) is 17.1 Å². The lowest BCUT2D eigenvalue weighted by Gasteiger charge is -2.08. The van der Waals surface area contributed by atoms with Crippen LogP contribution in [0, 0.1) is 18.3 Å². The quantitative estimate of drug-likeness (QED) is 0.825. The number of hydrogen-bond donors (Lipinski definition) is 0. The highest BCUT2D eigenvalue weighted by atomic mass is 16.5. The summed E-state index contributed by atoms with van der Waals surface area (Å²) in [4.78, 5) is 8.62. The summed E-state index contributed by atoms with van der Waals surface area (Å²) in [6, 6.07) is 11.6. The van der Waals surface area contributed by atoms with Crippen LogP contribution in [0.15, 0.2) is 30.3 Å². The van der Waals surface area contributed by atoms with Gasteiger partial charge in [0.15, 0.2) is 0 Å². The Hall–Kier alpha value is -2.41. The van der Waals surface area contributed by atoms with Crippen molar-refractivity contribution in [3.8, 4) is 23.1 Å². The van der Waals surface area contributed by atoms with E-state index in [4.69, 9.17) is 10.00 Å². The molecule has 0 amide bonds. The molecule has 0 spiro atoms. The first-order valence-corrected chi connectivity index (χ1v) is 5.59. The fourth-order valence-corrected chi connectivity index (χ4v) is 1.77. The molecule has 4 heteroatoms. The minimum atomic E-state index is 0.212. The van der Waals surface area contributed by atoms with E-state index in [2.05, 4.69) is 16.0 Å². The van der Waals surface area contributed by atoms with Crippen molar-refractivity contribution < 1.29 is 4.74 Å². The molecule has 18 heavy (non-hydrogen) atoms. The number of para-hydroxylation sites is 1. The van der Waals surface area contributed by atoms with Crippen molar-refractivity contribution in [2.75, 3.05) is 7.11 Å². The van der Waals surface area contributed by atoms with Gasteiger partial charge in [0, 0.05) is 11.3 Å². The van der Waals surface area contributed by atoms with E-state index in [1.54, 1.807) is 7.11 Å². The summed E-state index contributed by atoms with van der Waals surface area (Å²) in [5, 5.41) is 8.72. The van der Waals surface area contributed by atoms with Crippen LogP contribution in [0.2, 0.25) is 0 Å². The van der Waals surface area contributed by atoms with E-state index in [0.717, 1.165) is 22.7 Å². The highest BCUT2D eigenvalue weighted by molar-refractivity contribution is 5.67. The van der Waals surface area contributed by atoms with Gasteiger partial charge < -0.3 is 4.74 Å². The van der Waals surface area contributed by atoms with Gasteiger partial charge in [-0.1, -0.05) is 12.1 Å². The SMILES string of the molecule is COc1ccccc1-c1cc(C)nc(CC#N)n1. The van der Waals surface area contributed by atoms with Gasteiger partial charge in [0.05, 0.1) is 25.3 Å². The van der Waals surface area contributed by atoms with Crippen LogP contribution in [0.5, 0.6) is 5.75 Å². The second-order valence-corrected chi connectivity index (χ2v) is 3.85. The molecule has 1 aromatic carbocycles. The molecule has 0 radical (unpaired) electrons. The van der Waals surface area contributed by atoms with Crippen LogP contribution in [0.25, 0.3) is 11.3 Å². The third-order valence-corrected chi connectivity index (χ3v) is 2.52. The van der Waals surface area contributed by atoms with Crippen LogP contribution in [-0.2, 0) is 6.42 Å². The minimum Gasteiger partial charge on any atom is -0.496 e. The Bertz CT molecular complexity index is 602. The Kier molecular flexibility index (Phi) is 3.54. The van der Waals surface area contributed by atoms with E-state index < -0.39 is 0 Å². The second kappa shape index (κ2) is 5.28. The Balaban J connectivity index is 2.53. The van der Waals surface area contributed by atoms with Gasteiger partial charge in [-0.15, -0.1) is 0 Å². The van der Waals surface area contributed by atoms with Crippen molar-refractivity contribution in [2.24, 2.45) is 0 Å². The molecule has 2 rings (SSSR count).